The molecular formula is C32H50N4. The number of hydrogen-bond donors (Lipinski definition) is 1. The van der Waals surface area contributed by atoms with E-state index in [1.165, 1.54) is 35.3 Å². The highest BCUT2D eigenvalue weighted by Gasteiger charge is 2.08. The molecule has 36 heavy (non-hydrogen) atoms. The van der Waals surface area contributed by atoms with E-state index in [0.29, 0.717) is 0 Å². The van der Waals surface area contributed by atoms with Gasteiger partial charge in [-0.1, -0.05) is 63.8 Å². The summed E-state index contributed by atoms with van der Waals surface area (Å²) in [5.74, 6) is 0.849. The third-order valence-corrected chi connectivity index (χ3v) is 5.59. The van der Waals surface area contributed by atoms with E-state index < -0.39 is 0 Å². The second kappa shape index (κ2) is 19.0. The van der Waals surface area contributed by atoms with Crippen LogP contribution in [0.25, 0.3) is 0 Å². The number of rotatable bonds is 11. The van der Waals surface area contributed by atoms with Gasteiger partial charge in [0.2, 0.25) is 0 Å². The molecule has 0 bridgehead atoms. The molecule has 0 amide bonds. The van der Waals surface area contributed by atoms with E-state index in [2.05, 4.69) is 91.8 Å². The van der Waals surface area contributed by atoms with Crippen LogP contribution in [-0.4, -0.2) is 25.1 Å². The van der Waals surface area contributed by atoms with Gasteiger partial charge in [-0.25, -0.2) is 0 Å². The molecule has 0 unspecified atom stereocenters. The van der Waals surface area contributed by atoms with Gasteiger partial charge in [-0.2, -0.15) is 0 Å². The average Bonchev–Trinajstić information content (AvgIpc) is 2.87. The van der Waals surface area contributed by atoms with Crippen molar-refractivity contribution in [3.8, 4) is 0 Å². The number of nitrogens with zero attached hydrogens (tertiary/aromatic N) is 3. The molecule has 4 nitrogen and oxygen atoms in total. The van der Waals surface area contributed by atoms with Crippen LogP contribution in [0.4, 0.5) is 11.4 Å². The zero-order chi connectivity index (χ0) is 27.5. The smallest absolute Gasteiger partial charge is 0.102 e. The molecule has 0 fully saturated rings. The summed E-state index contributed by atoms with van der Waals surface area (Å²) in [7, 11) is 2.02. The van der Waals surface area contributed by atoms with Crippen LogP contribution in [0, 0.1) is 6.92 Å². The third-order valence-electron chi connectivity index (χ3n) is 5.59. The van der Waals surface area contributed by atoms with Crippen molar-refractivity contribution in [1.82, 2.24) is 10.3 Å². The number of aromatic nitrogens is 1. The molecule has 0 aliphatic rings. The predicted octanol–water partition coefficient (Wildman–Crippen LogP) is 8.43. The van der Waals surface area contributed by atoms with Crippen LogP contribution in [0.3, 0.4) is 0 Å². The monoisotopic (exact) mass is 490 g/mol. The van der Waals surface area contributed by atoms with Crippen molar-refractivity contribution in [2.45, 2.75) is 67.7 Å². The number of para-hydroxylation sites is 1. The number of hydrogen-bond acceptors (Lipinski definition) is 4. The van der Waals surface area contributed by atoms with Crippen LogP contribution in [0.5, 0.6) is 0 Å². The van der Waals surface area contributed by atoms with Gasteiger partial charge in [-0.15, -0.1) is 6.58 Å². The van der Waals surface area contributed by atoms with Crippen molar-refractivity contribution < 1.29 is 0 Å². The van der Waals surface area contributed by atoms with Crippen molar-refractivity contribution in [1.29, 1.82) is 0 Å². The van der Waals surface area contributed by atoms with Crippen molar-refractivity contribution in [2.75, 3.05) is 29.9 Å². The lowest BCUT2D eigenvalue weighted by molar-refractivity contribution is 0.742. The molecule has 0 aliphatic carbocycles. The Labute approximate surface area is 222 Å². The number of pyridine rings is 1. The van der Waals surface area contributed by atoms with Gasteiger partial charge < -0.3 is 15.1 Å². The SMILES string of the molecule is C=C(C)/C(C)=C/NC(=C)N(C)c1ccccc1CC.C=CC.CCCN(CCC)c1ccncc1C. The molecule has 1 heterocycles. The summed E-state index contributed by atoms with van der Waals surface area (Å²) in [4.78, 5) is 8.63. The van der Waals surface area contributed by atoms with Crippen LogP contribution in [-0.2, 0) is 6.42 Å². The lowest BCUT2D eigenvalue weighted by Gasteiger charge is -2.25. The average molecular weight is 491 g/mol. The van der Waals surface area contributed by atoms with E-state index >= 15 is 0 Å². The second-order valence-corrected chi connectivity index (χ2v) is 8.80. The zero-order valence-electron chi connectivity index (χ0n) is 24.2. The van der Waals surface area contributed by atoms with E-state index in [0.717, 1.165) is 36.5 Å². The van der Waals surface area contributed by atoms with Crippen LogP contribution in [0.15, 0.2) is 91.7 Å². The van der Waals surface area contributed by atoms with Gasteiger partial charge in [0.05, 0.1) is 0 Å². The van der Waals surface area contributed by atoms with E-state index in [9.17, 15) is 0 Å². The fraction of sp³-hybridized carbons (Fsp3) is 0.406. The summed E-state index contributed by atoms with van der Waals surface area (Å²) in [6.07, 6.45) is 10.9. The van der Waals surface area contributed by atoms with E-state index in [4.69, 9.17) is 0 Å². The highest BCUT2D eigenvalue weighted by molar-refractivity contribution is 5.57. The molecule has 198 valence electrons. The zero-order valence-corrected chi connectivity index (χ0v) is 24.2. The molecule has 0 saturated carbocycles. The fourth-order valence-electron chi connectivity index (χ4n) is 3.41. The van der Waals surface area contributed by atoms with Gasteiger partial charge >= 0.3 is 0 Å². The predicted molar refractivity (Wildman–Crippen MR) is 163 cm³/mol. The third kappa shape index (κ3) is 11.9. The number of allylic oxidation sites excluding steroid dienone is 3. The Balaban J connectivity index is 0.000000635. The Hall–Kier alpha value is -3.27. The first kappa shape index (κ1) is 32.7. The standard InChI is InChI=1S/C17H24N2.C12H20N2.C3H6/c1-7-16-10-8-9-11-17(16)19(6)15(5)18-12-14(4)13(2)3;1-4-8-14(9-5-2)12-6-7-13-10-11(12)3;1-3-2/h8-12,18H,2,5,7H2,1,3-4,6H3;6-7,10H,4-5,8-9H2,1-3H3;3H,1H2,2H3/b14-12+;;. The lowest BCUT2D eigenvalue weighted by Crippen LogP contribution is -2.25. The second-order valence-electron chi connectivity index (χ2n) is 8.80. The maximum Gasteiger partial charge on any atom is 0.102 e. The molecule has 1 N–H and O–H groups in total. The lowest BCUT2D eigenvalue weighted by atomic mass is 10.1. The Kier molecular flexibility index (Phi) is 17.3. The molecule has 0 aliphatic heterocycles. The minimum absolute atomic E-state index is 0.849. The van der Waals surface area contributed by atoms with Gasteiger partial charge in [0, 0.05) is 50.1 Å². The quantitative estimate of drug-likeness (QED) is 0.253. The molecule has 0 radical (unpaired) electrons. The fourth-order valence-corrected chi connectivity index (χ4v) is 3.41. The highest BCUT2D eigenvalue weighted by Crippen LogP contribution is 2.22. The molecule has 4 heteroatoms. The maximum absolute atomic E-state index is 4.12. The molecule has 2 rings (SSSR count). The molecule has 2 aromatic rings. The normalized spacial score (nSPS) is 10.2. The summed E-state index contributed by atoms with van der Waals surface area (Å²) in [5, 5.41) is 3.22. The van der Waals surface area contributed by atoms with Gasteiger partial charge in [0.25, 0.3) is 0 Å². The Bertz CT molecular complexity index is 952. The number of benzene rings is 1. The molecule has 0 spiro atoms. The molecular weight excluding hydrogens is 440 g/mol. The minimum Gasteiger partial charge on any atom is -0.371 e. The van der Waals surface area contributed by atoms with Crippen molar-refractivity contribution >= 4 is 11.4 Å². The van der Waals surface area contributed by atoms with Gasteiger partial charge in [0.1, 0.15) is 5.82 Å². The first-order chi connectivity index (χ1) is 17.2. The largest absolute Gasteiger partial charge is 0.371 e. The van der Waals surface area contributed by atoms with Crippen molar-refractivity contribution in [2.24, 2.45) is 0 Å². The van der Waals surface area contributed by atoms with Crippen LogP contribution in [0.1, 0.15) is 65.5 Å². The topological polar surface area (TPSA) is 31.4 Å². The summed E-state index contributed by atoms with van der Waals surface area (Å²) in [6, 6.07) is 10.5. The van der Waals surface area contributed by atoms with Crippen LogP contribution < -0.4 is 15.1 Å². The summed E-state index contributed by atoms with van der Waals surface area (Å²) in [6.45, 7) is 28.3. The number of nitrogens with one attached hydrogen (secondary N) is 1. The van der Waals surface area contributed by atoms with Gasteiger partial charge in [0.15, 0.2) is 0 Å². The van der Waals surface area contributed by atoms with Crippen molar-refractivity contribution in [3.05, 3.63) is 103 Å². The van der Waals surface area contributed by atoms with Crippen molar-refractivity contribution in [3.63, 3.8) is 0 Å². The summed E-state index contributed by atoms with van der Waals surface area (Å²) >= 11 is 0. The van der Waals surface area contributed by atoms with E-state index in [1.807, 2.05) is 52.5 Å². The van der Waals surface area contributed by atoms with E-state index in [1.54, 1.807) is 6.08 Å². The Morgan fingerprint density at radius 3 is 2.08 bits per heavy atom. The van der Waals surface area contributed by atoms with Gasteiger partial charge in [-0.05, 0) is 75.8 Å². The Morgan fingerprint density at radius 2 is 1.58 bits per heavy atom. The number of anilines is 2. The summed E-state index contributed by atoms with van der Waals surface area (Å²) in [5.41, 5.74) is 7.28. The van der Waals surface area contributed by atoms with Crippen LogP contribution in [0.2, 0.25) is 0 Å². The minimum atomic E-state index is 0.849. The first-order valence-corrected chi connectivity index (χ1v) is 13.0. The maximum atomic E-state index is 4.12. The van der Waals surface area contributed by atoms with Crippen LogP contribution >= 0.6 is 0 Å². The highest BCUT2D eigenvalue weighted by atomic mass is 15.2. The molecule has 0 saturated heterocycles. The first-order valence-electron chi connectivity index (χ1n) is 13.0. The van der Waals surface area contributed by atoms with Gasteiger partial charge in [-0.3, -0.25) is 4.98 Å². The molecule has 0 atom stereocenters. The molecule has 1 aromatic heterocycles. The Morgan fingerprint density at radius 1 is 1.00 bits per heavy atom. The summed E-state index contributed by atoms with van der Waals surface area (Å²) < 4.78 is 0. The molecule has 1 aromatic carbocycles. The van der Waals surface area contributed by atoms with E-state index in [-0.39, 0.29) is 0 Å². The number of aryl methyl sites for hydroxylation is 2.